The van der Waals surface area contributed by atoms with Gasteiger partial charge in [0.1, 0.15) is 17.9 Å². The topological polar surface area (TPSA) is 124 Å². The number of aldehydes is 1. The molecule has 2 amide bonds. The molecule has 1 aromatic carbocycles. The van der Waals surface area contributed by atoms with E-state index in [9.17, 15) is 38.5 Å². The summed E-state index contributed by atoms with van der Waals surface area (Å²) in [5.41, 5.74) is -4.17. The maximum Gasteiger partial charge on any atom is 0.286 e. The van der Waals surface area contributed by atoms with Crippen molar-refractivity contribution in [3.63, 3.8) is 0 Å². The molecule has 0 saturated carbocycles. The Morgan fingerprint density at radius 3 is 2.18 bits per heavy atom. The number of halogens is 2. The summed E-state index contributed by atoms with van der Waals surface area (Å²) in [5.74, 6) is -8.90. The number of piperidine rings is 1. The van der Waals surface area contributed by atoms with Crippen LogP contribution in [-0.4, -0.2) is 39.2 Å². The lowest BCUT2D eigenvalue weighted by molar-refractivity contribution is -0.218. The summed E-state index contributed by atoms with van der Waals surface area (Å²) in [6.07, 6.45) is -1.23. The normalized spacial score (nSPS) is 24.0. The molecule has 1 aliphatic rings. The van der Waals surface area contributed by atoms with E-state index in [1.165, 1.54) is 5.32 Å². The zero-order valence-electron chi connectivity index (χ0n) is 11.0. The Morgan fingerprint density at radius 2 is 1.68 bits per heavy atom. The first-order valence-electron chi connectivity index (χ1n) is 6.07. The molecule has 1 unspecified atom stereocenters. The Labute approximate surface area is 122 Å². The first kappa shape index (κ1) is 16.1. The van der Waals surface area contributed by atoms with E-state index < -0.39 is 46.8 Å². The highest BCUT2D eigenvalue weighted by Crippen LogP contribution is 2.36. The summed E-state index contributed by atoms with van der Waals surface area (Å²) in [6.45, 7) is 0. The van der Waals surface area contributed by atoms with Crippen LogP contribution in [0.25, 0.3) is 0 Å². The number of hydrogen-bond acceptors (Lipinski definition) is 6. The van der Waals surface area contributed by atoms with Gasteiger partial charge in [-0.15, -0.1) is 0 Å². The molecule has 2 rings (SSSR count). The second-order valence-corrected chi connectivity index (χ2v) is 4.94. The molecule has 0 bridgehead atoms. The summed E-state index contributed by atoms with van der Waals surface area (Å²) in [7, 11) is 0. The van der Waals surface area contributed by atoms with Crippen LogP contribution in [0.3, 0.4) is 0 Å². The third-order valence-electron chi connectivity index (χ3n) is 3.30. The molecule has 1 aromatic rings. The van der Waals surface area contributed by atoms with Crippen LogP contribution < -0.4 is 5.32 Å². The van der Waals surface area contributed by atoms with Crippen LogP contribution in [0, 0.1) is 11.6 Å². The lowest BCUT2D eigenvalue weighted by atomic mass is 9.81. The van der Waals surface area contributed by atoms with Crippen LogP contribution >= 0.6 is 0 Å². The van der Waals surface area contributed by atoms with Gasteiger partial charge in [-0.2, -0.15) is 0 Å². The third kappa shape index (κ3) is 2.49. The fraction of sp³-hybridized carbons (Fsp3) is 0.308. The summed E-state index contributed by atoms with van der Waals surface area (Å²) >= 11 is 0. The minimum absolute atomic E-state index is 0.0381. The molecule has 1 saturated heterocycles. The van der Waals surface area contributed by atoms with Crippen molar-refractivity contribution in [1.29, 1.82) is 0 Å². The fourth-order valence-electron chi connectivity index (χ4n) is 2.26. The molecule has 0 radical (unpaired) electrons. The van der Waals surface area contributed by atoms with Crippen molar-refractivity contribution >= 4 is 18.1 Å². The van der Waals surface area contributed by atoms with Gasteiger partial charge in [0.2, 0.25) is 5.79 Å². The smallest absolute Gasteiger partial charge is 0.286 e. The summed E-state index contributed by atoms with van der Waals surface area (Å²) in [6, 6.07) is 1.45. The molecular weight excluding hydrogens is 304 g/mol. The molecule has 7 nitrogen and oxygen atoms in total. The molecular formula is C13H11F2NO6. The van der Waals surface area contributed by atoms with Gasteiger partial charge in [-0.3, -0.25) is 14.9 Å². The standard InChI is InChI=1S/C13H11F2NO6/c14-7-3-6(1-2-17)4-8(15)9(7)12(20)5-13(21,22)11(19)16-10(12)18/h2-4,20-22H,1,5H2,(H,16,18,19). The number of carbonyl (C=O) groups excluding carboxylic acids is 3. The number of benzene rings is 1. The van der Waals surface area contributed by atoms with E-state index in [4.69, 9.17) is 0 Å². The number of aliphatic hydroxyl groups is 3. The van der Waals surface area contributed by atoms with Crippen molar-refractivity contribution < 1.29 is 38.5 Å². The maximum atomic E-state index is 14.0. The zero-order chi connectivity index (χ0) is 16.7. The van der Waals surface area contributed by atoms with Crippen molar-refractivity contribution in [3.8, 4) is 0 Å². The Bertz CT molecular complexity index is 651. The fourth-order valence-corrected chi connectivity index (χ4v) is 2.26. The van der Waals surface area contributed by atoms with Gasteiger partial charge in [0.25, 0.3) is 11.8 Å². The van der Waals surface area contributed by atoms with Crippen LogP contribution in [0.15, 0.2) is 12.1 Å². The van der Waals surface area contributed by atoms with Crippen LogP contribution in [0.2, 0.25) is 0 Å². The van der Waals surface area contributed by atoms with Crippen molar-refractivity contribution in [3.05, 3.63) is 34.9 Å². The van der Waals surface area contributed by atoms with E-state index in [1.807, 2.05) is 0 Å². The zero-order valence-corrected chi connectivity index (χ0v) is 11.0. The predicted molar refractivity (Wildman–Crippen MR) is 65.0 cm³/mol. The van der Waals surface area contributed by atoms with Crippen molar-refractivity contribution in [2.24, 2.45) is 0 Å². The molecule has 4 N–H and O–H groups in total. The van der Waals surface area contributed by atoms with Crippen molar-refractivity contribution in [2.45, 2.75) is 24.2 Å². The highest BCUT2D eigenvalue weighted by atomic mass is 19.1. The van der Waals surface area contributed by atoms with Crippen LogP contribution in [0.4, 0.5) is 8.78 Å². The first-order valence-corrected chi connectivity index (χ1v) is 6.07. The van der Waals surface area contributed by atoms with E-state index >= 15 is 0 Å². The van der Waals surface area contributed by atoms with Crippen LogP contribution in [0.1, 0.15) is 17.5 Å². The molecule has 118 valence electrons. The Morgan fingerprint density at radius 1 is 1.14 bits per heavy atom. The van der Waals surface area contributed by atoms with Crippen LogP contribution in [-0.2, 0) is 26.4 Å². The summed E-state index contributed by atoms with van der Waals surface area (Å²) < 4.78 is 28.1. The molecule has 22 heavy (non-hydrogen) atoms. The molecule has 1 atom stereocenters. The second kappa shape index (κ2) is 5.20. The third-order valence-corrected chi connectivity index (χ3v) is 3.30. The average Bonchev–Trinajstić information content (AvgIpc) is 2.35. The van der Waals surface area contributed by atoms with Gasteiger partial charge in [-0.05, 0) is 17.7 Å². The van der Waals surface area contributed by atoms with Gasteiger partial charge < -0.3 is 20.1 Å². The number of hydrogen-bond donors (Lipinski definition) is 4. The van der Waals surface area contributed by atoms with E-state index in [-0.39, 0.29) is 12.0 Å². The summed E-state index contributed by atoms with van der Waals surface area (Å²) in [4.78, 5) is 33.3. The Kier molecular flexibility index (Phi) is 3.81. The molecule has 1 heterocycles. The molecule has 0 aliphatic carbocycles. The SMILES string of the molecule is O=CCc1cc(F)c(C2(O)CC(O)(O)C(=O)NC2=O)c(F)c1. The van der Waals surface area contributed by atoms with Gasteiger partial charge >= 0.3 is 0 Å². The monoisotopic (exact) mass is 315 g/mol. The van der Waals surface area contributed by atoms with E-state index in [0.717, 1.165) is 12.1 Å². The predicted octanol–water partition coefficient (Wildman–Crippen LogP) is -1.38. The quantitative estimate of drug-likeness (QED) is 0.310. The lowest BCUT2D eigenvalue weighted by Gasteiger charge is -2.37. The van der Waals surface area contributed by atoms with Gasteiger partial charge in [0.05, 0.1) is 12.0 Å². The van der Waals surface area contributed by atoms with Gasteiger partial charge in [-0.25, -0.2) is 8.78 Å². The van der Waals surface area contributed by atoms with E-state index in [0.29, 0.717) is 6.29 Å². The maximum absolute atomic E-state index is 14.0. The molecule has 0 aromatic heterocycles. The number of carbonyl (C=O) groups is 3. The Balaban J connectivity index is 2.56. The lowest BCUT2D eigenvalue weighted by Crippen LogP contribution is -2.64. The van der Waals surface area contributed by atoms with Gasteiger partial charge in [0, 0.05) is 6.42 Å². The largest absolute Gasteiger partial charge is 0.375 e. The number of rotatable bonds is 3. The number of imide groups is 1. The second-order valence-electron chi connectivity index (χ2n) is 4.94. The number of nitrogens with one attached hydrogen (secondary N) is 1. The highest BCUT2D eigenvalue weighted by molar-refractivity contribution is 6.05. The average molecular weight is 315 g/mol. The molecule has 1 aliphatic heterocycles. The van der Waals surface area contributed by atoms with Crippen molar-refractivity contribution in [2.75, 3.05) is 0 Å². The highest BCUT2D eigenvalue weighted by Gasteiger charge is 2.56. The minimum atomic E-state index is -3.18. The summed E-state index contributed by atoms with van der Waals surface area (Å²) in [5, 5.41) is 30.5. The molecule has 9 heteroatoms. The Hall–Kier alpha value is -2.23. The molecule has 1 fully saturated rings. The first-order chi connectivity index (χ1) is 10.1. The minimum Gasteiger partial charge on any atom is -0.375 e. The van der Waals surface area contributed by atoms with Crippen molar-refractivity contribution in [1.82, 2.24) is 5.32 Å². The van der Waals surface area contributed by atoms with Crippen LogP contribution in [0.5, 0.6) is 0 Å². The van der Waals surface area contributed by atoms with E-state index in [2.05, 4.69) is 0 Å². The van der Waals surface area contributed by atoms with Gasteiger partial charge in [-0.1, -0.05) is 0 Å². The number of amides is 2. The van der Waals surface area contributed by atoms with E-state index in [1.54, 1.807) is 0 Å². The van der Waals surface area contributed by atoms with Gasteiger partial charge in [0.15, 0.2) is 5.60 Å². The molecule has 0 spiro atoms.